The van der Waals surface area contributed by atoms with E-state index >= 15 is 4.39 Å². The Bertz CT molecular complexity index is 1360. The van der Waals surface area contributed by atoms with E-state index in [2.05, 4.69) is 25.9 Å². The highest BCUT2D eigenvalue weighted by molar-refractivity contribution is 9.10. The Morgan fingerprint density at radius 1 is 1.18 bits per heavy atom. The molecule has 5 aliphatic rings. The molecule has 1 aliphatic carbocycles. The molecule has 13 heteroatoms. The first-order valence-electron chi connectivity index (χ1n) is 13.4. The van der Waals surface area contributed by atoms with Crippen LogP contribution in [0.5, 0.6) is 6.01 Å². The lowest BCUT2D eigenvalue weighted by molar-refractivity contribution is -0.138. The van der Waals surface area contributed by atoms with Crippen LogP contribution < -0.4 is 9.64 Å². The molecular weight excluding hydrogens is 600 g/mol. The number of ether oxygens (including phenoxy) is 3. The molecule has 0 spiro atoms. The van der Waals surface area contributed by atoms with Gasteiger partial charge in [-0.1, -0.05) is 0 Å². The standard InChI is InChI=1S/C27H31BrF4N4O4/c1-24(2,3)40-23(37)36-14-5-6-15(36)9-35(8-14)21-16-7-17(27(30,31)32)18(28)19(29)20(16)33-22(34-21)38-12-26-10-25(4,11-26)39-13-26/h7,14-15H,5-6,8-13H2,1-4H3. The molecule has 1 aromatic carbocycles. The molecule has 5 heterocycles. The average molecular weight is 631 g/mol. The fraction of sp³-hybridized carbons (Fsp3) is 0.667. The zero-order valence-corrected chi connectivity index (χ0v) is 24.3. The van der Waals surface area contributed by atoms with Crippen molar-refractivity contribution in [1.82, 2.24) is 14.9 Å². The van der Waals surface area contributed by atoms with E-state index in [1.165, 1.54) is 0 Å². The minimum atomic E-state index is -4.80. The van der Waals surface area contributed by atoms with Crippen LogP contribution in [0.25, 0.3) is 10.9 Å². The Hall–Kier alpha value is -2.41. The van der Waals surface area contributed by atoms with Gasteiger partial charge in [-0.05, 0) is 75.4 Å². The minimum Gasteiger partial charge on any atom is -0.463 e. The summed E-state index contributed by atoms with van der Waals surface area (Å²) in [5.74, 6) is -0.983. The van der Waals surface area contributed by atoms with Gasteiger partial charge < -0.3 is 19.1 Å². The highest BCUT2D eigenvalue weighted by atomic mass is 79.9. The summed E-state index contributed by atoms with van der Waals surface area (Å²) >= 11 is 2.79. The summed E-state index contributed by atoms with van der Waals surface area (Å²) in [6.07, 6.45) is -2.15. The number of carbonyl (C=O) groups excluding carboxylic acids is 1. The molecule has 8 nitrogen and oxygen atoms in total. The number of nitrogens with zero attached hydrogens (tertiary/aromatic N) is 4. The van der Waals surface area contributed by atoms with E-state index in [1.54, 1.807) is 25.7 Å². The summed E-state index contributed by atoms with van der Waals surface area (Å²) in [4.78, 5) is 25.2. The molecule has 4 bridgehead atoms. The summed E-state index contributed by atoms with van der Waals surface area (Å²) in [6, 6.07) is 0.315. The van der Waals surface area contributed by atoms with Crippen molar-refractivity contribution < 1.29 is 36.6 Å². The maximum absolute atomic E-state index is 15.5. The zero-order chi connectivity index (χ0) is 28.8. The third kappa shape index (κ3) is 4.76. The third-order valence-corrected chi connectivity index (χ3v) is 9.03. The maximum atomic E-state index is 15.5. The molecule has 2 aromatic rings. The first kappa shape index (κ1) is 27.7. The van der Waals surface area contributed by atoms with E-state index in [0.29, 0.717) is 32.5 Å². The van der Waals surface area contributed by atoms with E-state index in [4.69, 9.17) is 14.2 Å². The number of aromatic nitrogens is 2. The van der Waals surface area contributed by atoms with E-state index in [-0.39, 0.29) is 52.4 Å². The number of benzene rings is 1. The predicted octanol–water partition coefficient (Wildman–Crippen LogP) is 6.09. The molecular formula is C27H31BrF4N4O4. The van der Waals surface area contributed by atoms with Gasteiger partial charge in [0.05, 0.1) is 40.9 Å². The second kappa shape index (κ2) is 9.04. The Morgan fingerprint density at radius 2 is 1.82 bits per heavy atom. The zero-order valence-electron chi connectivity index (χ0n) is 22.7. The average Bonchev–Trinajstić information content (AvgIpc) is 3.43. The molecule has 5 fully saturated rings. The van der Waals surface area contributed by atoms with Gasteiger partial charge in [-0.15, -0.1) is 0 Å². The normalized spacial score (nSPS) is 29.6. The number of halogens is 5. The number of hydrogen-bond acceptors (Lipinski definition) is 7. The van der Waals surface area contributed by atoms with Gasteiger partial charge >= 0.3 is 18.3 Å². The van der Waals surface area contributed by atoms with Crippen LogP contribution in [-0.2, 0) is 15.7 Å². The third-order valence-electron chi connectivity index (χ3n) is 8.25. The van der Waals surface area contributed by atoms with Crippen molar-refractivity contribution in [2.75, 3.05) is 31.2 Å². The largest absolute Gasteiger partial charge is 0.463 e. The van der Waals surface area contributed by atoms with E-state index in [0.717, 1.165) is 18.9 Å². The van der Waals surface area contributed by atoms with Crippen molar-refractivity contribution in [1.29, 1.82) is 0 Å². The van der Waals surface area contributed by atoms with Crippen molar-refractivity contribution >= 4 is 38.7 Å². The summed E-state index contributed by atoms with van der Waals surface area (Å²) < 4.78 is 73.7. The lowest BCUT2D eigenvalue weighted by Crippen LogP contribution is -2.57. The number of carbonyl (C=O) groups is 1. The number of anilines is 1. The van der Waals surface area contributed by atoms with Gasteiger partial charge in [-0.25, -0.2) is 9.18 Å². The Labute approximate surface area is 237 Å². The van der Waals surface area contributed by atoms with Crippen molar-refractivity contribution in [3.63, 3.8) is 0 Å². The minimum absolute atomic E-state index is 0.0657. The van der Waals surface area contributed by atoms with Crippen molar-refractivity contribution in [3.8, 4) is 6.01 Å². The van der Waals surface area contributed by atoms with Crippen LogP contribution >= 0.6 is 15.9 Å². The van der Waals surface area contributed by atoms with Crippen molar-refractivity contribution in [2.45, 2.75) is 82.8 Å². The number of rotatable bonds is 4. The fourth-order valence-corrected chi connectivity index (χ4v) is 7.32. The second-order valence-electron chi connectivity index (χ2n) is 12.8. The molecule has 4 saturated heterocycles. The van der Waals surface area contributed by atoms with E-state index < -0.39 is 33.7 Å². The molecule has 7 rings (SSSR count). The maximum Gasteiger partial charge on any atom is 0.417 e. The predicted molar refractivity (Wildman–Crippen MR) is 141 cm³/mol. The molecule has 1 aromatic heterocycles. The quantitative estimate of drug-likeness (QED) is 0.379. The summed E-state index contributed by atoms with van der Waals surface area (Å²) in [7, 11) is 0. The van der Waals surface area contributed by atoms with E-state index in [9.17, 15) is 18.0 Å². The Morgan fingerprint density at radius 3 is 2.38 bits per heavy atom. The molecule has 40 heavy (non-hydrogen) atoms. The number of hydrogen-bond donors (Lipinski definition) is 0. The van der Waals surface area contributed by atoms with Gasteiger partial charge in [0.25, 0.3) is 0 Å². The van der Waals surface area contributed by atoms with Crippen LogP contribution in [0.15, 0.2) is 10.5 Å². The monoisotopic (exact) mass is 630 g/mol. The summed E-state index contributed by atoms with van der Waals surface area (Å²) in [5, 5.41) is -0.0657. The topological polar surface area (TPSA) is 77.0 Å². The van der Waals surface area contributed by atoms with E-state index in [1.807, 2.05) is 11.8 Å². The van der Waals surface area contributed by atoms with Gasteiger partial charge in [0.2, 0.25) is 0 Å². The molecule has 0 N–H and O–H groups in total. The Kier molecular flexibility index (Phi) is 6.27. The number of fused-ring (bicyclic) bond motifs is 4. The second-order valence-corrected chi connectivity index (χ2v) is 13.6. The van der Waals surface area contributed by atoms with Gasteiger partial charge in [0, 0.05) is 23.9 Å². The van der Waals surface area contributed by atoms with Gasteiger partial charge in [0.1, 0.15) is 16.9 Å². The van der Waals surface area contributed by atoms with Crippen LogP contribution in [0.4, 0.5) is 28.2 Å². The number of piperazine rings is 1. The van der Waals surface area contributed by atoms with Crippen molar-refractivity contribution in [2.24, 2.45) is 5.41 Å². The van der Waals surface area contributed by atoms with Crippen LogP contribution in [0.3, 0.4) is 0 Å². The molecule has 1 saturated carbocycles. The lowest BCUT2D eigenvalue weighted by Gasteiger charge is -2.42. The van der Waals surface area contributed by atoms with Crippen LogP contribution in [0, 0.1) is 11.2 Å². The highest BCUT2D eigenvalue weighted by Crippen LogP contribution is 2.57. The smallest absolute Gasteiger partial charge is 0.417 e. The summed E-state index contributed by atoms with van der Waals surface area (Å²) in [6.45, 7) is 8.83. The summed E-state index contributed by atoms with van der Waals surface area (Å²) in [5.41, 5.74) is -2.41. The van der Waals surface area contributed by atoms with Crippen LogP contribution in [0.2, 0.25) is 0 Å². The molecule has 218 valence electrons. The van der Waals surface area contributed by atoms with Crippen molar-refractivity contribution in [3.05, 3.63) is 21.9 Å². The molecule has 2 atom stereocenters. The molecule has 0 radical (unpaired) electrons. The van der Waals surface area contributed by atoms with Crippen LogP contribution in [0.1, 0.15) is 58.9 Å². The SMILES string of the molecule is CC(C)(C)OC(=O)N1C2CCC1CN(c1nc(OCC34COC(C)(C3)C4)nc3c(F)c(Br)c(C(F)(F)F)cc13)C2. The Balaban J connectivity index is 1.36. The van der Waals surface area contributed by atoms with Gasteiger partial charge in [0.15, 0.2) is 5.82 Å². The van der Waals surface area contributed by atoms with Gasteiger partial charge in [-0.2, -0.15) is 23.1 Å². The number of amides is 1. The fourth-order valence-electron chi connectivity index (χ4n) is 6.80. The molecule has 2 unspecified atom stereocenters. The molecule has 1 amide bonds. The first-order valence-corrected chi connectivity index (χ1v) is 14.2. The first-order chi connectivity index (χ1) is 18.6. The highest BCUT2D eigenvalue weighted by Gasteiger charge is 2.60. The molecule has 4 aliphatic heterocycles. The van der Waals surface area contributed by atoms with Gasteiger partial charge in [-0.3, -0.25) is 4.90 Å². The lowest BCUT2D eigenvalue weighted by atomic mass is 9.64. The number of alkyl halides is 3. The van der Waals surface area contributed by atoms with Crippen LogP contribution in [-0.4, -0.2) is 70.6 Å².